The van der Waals surface area contributed by atoms with Gasteiger partial charge in [0.2, 0.25) is 5.91 Å². The Morgan fingerprint density at radius 2 is 1.48 bits per heavy atom. The van der Waals surface area contributed by atoms with E-state index in [1.54, 1.807) is 23.6 Å². The molecule has 27 heavy (non-hydrogen) atoms. The molecule has 1 saturated heterocycles. The minimum Gasteiger partial charge on any atom is -0.478 e. The Hall–Kier alpha value is -2.82. The number of carbonyl (C=O) groups is 2. The second kappa shape index (κ2) is 7.43. The fourth-order valence-corrected chi connectivity index (χ4v) is 3.17. The van der Waals surface area contributed by atoms with Crippen molar-refractivity contribution in [2.24, 2.45) is 0 Å². The molecule has 2 amide bonds. The smallest absolute Gasteiger partial charge is 0.266 e. The van der Waals surface area contributed by atoms with Gasteiger partial charge >= 0.3 is 0 Å². The van der Waals surface area contributed by atoms with Gasteiger partial charge in [0, 0.05) is 18.8 Å². The highest BCUT2D eigenvalue weighted by Gasteiger charge is 2.38. The molecular weight excluding hydrogens is 340 g/mol. The van der Waals surface area contributed by atoms with Crippen LogP contribution in [0.25, 0.3) is 0 Å². The van der Waals surface area contributed by atoms with Crippen LogP contribution < -0.4 is 9.64 Å². The topological polar surface area (TPSA) is 49.9 Å². The molecule has 0 spiro atoms. The van der Waals surface area contributed by atoms with Crippen LogP contribution >= 0.6 is 0 Å². The lowest BCUT2D eigenvalue weighted by molar-refractivity contribution is -0.148. The van der Waals surface area contributed by atoms with Crippen LogP contribution in [0.1, 0.15) is 25.0 Å². The zero-order chi connectivity index (χ0) is 19.6. The molecule has 1 aliphatic heterocycles. The molecule has 5 nitrogen and oxygen atoms in total. The minimum absolute atomic E-state index is 0.0629. The highest BCUT2D eigenvalue weighted by molar-refractivity contribution is 5.99. The Morgan fingerprint density at radius 3 is 2.04 bits per heavy atom. The molecule has 0 radical (unpaired) electrons. The van der Waals surface area contributed by atoms with E-state index in [1.165, 1.54) is 0 Å². The predicted molar refractivity (Wildman–Crippen MR) is 106 cm³/mol. The average molecular weight is 366 g/mol. The third kappa shape index (κ3) is 4.30. The standard InChI is InChI=1S/C22H26N2O3/c1-16-5-9-18(10-6-16)24-14-13-23(15-20(24)25)21(26)22(3,4)27-19-11-7-17(2)8-12-19/h5-12H,13-15H2,1-4H3. The van der Waals surface area contributed by atoms with Crippen molar-refractivity contribution >= 4 is 17.5 Å². The summed E-state index contributed by atoms with van der Waals surface area (Å²) in [6, 6.07) is 15.4. The number of benzene rings is 2. The molecule has 142 valence electrons. The molecule has 1 fully saturated rings. The number of anilines is 1. The van der Waals surface area contributed by atoms with Crippen LogP contribution in [0, 0.1) is 13.8 Å². The molecule has 1 heterocycles. The molecule has 0 N–H and O–H groups in total. The normalized spacial score (nSPS) is 15.0. The highest BCUT2D eigenvalue weighted by atomic mass is 16.5. The van der Waals surface area contributed by atoms with E-state index in [4.69, 9.17) is 4.74 Å². The van der Waals surface area contributed by atoms with Crippen molar-refractivity contribution in [2.45, 2.75) is 33.3 Å². The van der Waals surface area contributed by atoms with Crippen LogP contribution in [0.2, 0.25) is 0 Å². The maximum absolute atomic E-state index is 13.0. The van der Waals surface area contributed by atoms with Crippen LogP contribution in [0.3, 0.4) is 0 Å². The Morgan fingerprint density at radius 1 is 0.926 bits per heavy atom. The fourth-order valence-electron chi connectivity index (χ4n) is 3.17. The van der Waals surface area contributed by atoms with Gasteiger partial charge in [-0.05, 0) is 52.0 Å². The van der Waals surface area contributed by atoms with Gasteiger partial charge in [0.05, 0.1) is 0 Å². The molecule has 2 aromatic carbocycles. The summed E-state index contributed by atoms with van der Waals surface area (Å²) in [4.78, 5) is 28.9. The van der Waals surface area contributed by atoms with Crippen molar-refractivity contribution in [3.05, 3.63) is 59.7 Å². The van der Waals surface area contributed by atoms with E-state index in [2.05, 4.69) is 0 Å². The van der Waals surface area contributed by atoms with E-state index in [0.29, 0.717) is 18.8 Å². The van der Waals surface area contributed by atoms with Crippen LogP contribution in [-0.2, 0) is 9.59 Å². The first-order valence-corrected chi connectivity index (χ1v) is 9.18. The maximum atomic E-state index is 13.0. The predicted octanol–water partition coefficient (Wildman–Crippen LogP) is 3.34. The van der Waals surface area contributed by atoms with Gasteiger partial charge in [-0.2, -0.15) is 0 Å². The number of rotatable bonds is 4. The number of amides is 2. The lowest BCUT2D eigenvalue weighted by Gasteiger charge is -2.38. The summed E-state index contributed by atoms with van der Waals surface area (Å²) < 4.78 is 5.92. The van der Waals surface area contributed by atoms with Gasteiger partial charge in [0.15, 0.2) is 5.60 Å². The number of ether oxygens (including phenoxy) is 1. The molecule has 1 aliphatic rings. The van der Waals surface area contributed by atoms with E-state index >= 15 is 0 Å². The average Bonchev–Trinajstić information content (AvgIpc) is 2.63. The summed E-state index contributed by atoms with van der Waals surface area (Å²) in [5.74, 6) is 0.383. The van der Waals surface area contributed by atoms with Gasteiger partial charge in [-0.3, -0.25) is 9.59 Å². The molecule has 0 unspecified atom stereocenters. The second-order valence-corrected chi connectivity index (χ2v) is 7.53. The van der Waals surface area contributed by atoms with Crippen molar-refractivity contribution in [1.82, 2.24) is 4.90 Å². The van der Waals surface area contributed by atoms with Crippen molar-refractivity contribution in [1.29, 1.82) is 0 Å². The number of piperazine rings is 1. The lowest BCUT2D eigenvalue weighted by atomic mass is 10.1. The minimum atomic E-state index is -1.04. The van der Waals surface area contributed by atoms with Gasteiger partial charge in [-0.25, -0.2) is 0 Å². The fraction of sp³-hybridized carbons (Fsp3) is 0.364. The molecule has 0 aromatic heterocycles. The van der Waals surface area contributed by atoms with Crippen molar-refractivity contribution in [2.75, 3.05) is 24.5 Å². The SMILES string of the molecule is Cc1ccc(OC(C)(C)C(=O)N2CCN(c3ccc(C)cc3)C(=O)C2)cc1. The summed E-state index contributed by atoms with van der Waals surface area (Å²) in [7, 11) is 0. The molecule has 0 saturated carbocycles. The highest BCUT2D eigenvalue weighted by Crippen LogP contribution is 2.23. The van der Waals surface area contributed by atoms with Gasteiger partial charge in [-0.15, -0.1) is 0 Å². The third-order valence-electron chi connectivity index (χ3n) is 4.76. The number of nitrogens with zero attached hydrogens (tertiary/aromatic N) is 2. The zero-order valence-corrected chi connectivity index (χ0v) is 16.4. The summed E-state index contributed by atoms with van der Waals surface area (Å²) in [5, 5.41) is 0. The Kier molecular flexibility index (Phi) is 5.22. The largest absolute Gasteiger partial charge is 0.478 e. The van der Waals surface area contributed by atoms with Crippen LogP contribution in [0.5, 0.6) is 5.75 Å². The summed E-state index contributed by atoms with van der Waals surface area (Å²) >= 11 is 0. The zero-order valence-electron chi connectivity index (χ0n) is 16.4. The Bertz CT molecular complexity index is 826. The van der Waals surface area contributed by atoms with Gasteiger partial charge in [-0.1, -0.05) is 35.4 Å². The van der Waals surface area contributed by atoms with E-state index < -0.39 is 5.60 Å². The molecule has 0 aliphatic carbocycles. The quantitative estimate of drug-likeness (QED) is 0.834. The first-order chi connectivity index (χ1) is 12.8. The number of hydrogen-bond acceptors (Lipinski definition) is 3. The summed E-state index contributed by atoms with van der Waals surface area (Å²) in [6.07, 6.45) is 0. The van der Waals surface area contributed by atoms with E-state index in [9.17, 15) is 9.59 Å². The number of aryl methyl sites for hydroxylation is 2. The lowest BCUT2D eigenvalue weighted by Crippen LogP contribution is -2.58. The molecule has 5 heteroatoms. The van der Waals surface area contributed by atoms with Gasteiger partial charge < -0.3 is 14.5 Å². The Labute approximate surface area is 160 Å². The second-order valence-electron chi connectivity index (χ2n) is 7.53. The molecule has 0 bridgehead atoms. The summed E-state index contributed by atoms with van der Waals surface area (Å²) in [6.45, 7) is 8.52. The van der Waals surface area contributed by atoms with Gasteiger partial charge in [0.25, 0.3) is 5.91 Å². The maximum Gasteiger partial charge on any atom is 0.266 e. The monoisotopic (exact) mass is 366 g/mol. The van der Waals surface area contributed by atoms with E-state index in [-0.39, 0.29) is 18.4 Å². The number of hydrogen-bond donors (Lipinski definition) is 0. The first kappa shape index (κ1) is 19.0. The Balaban J connectivity index is 1.66. The number of carbonyl (C=O) groups excluding carboxylic acids is 2. The van der Waals surface area contributed by atoms with Crippen LogP contribution in [-0.4, -0.2) is 41.9 Å². The van der Waals surface area contributed by atoms with Crippen molar-refractivity contribution < 1.29 is 14.3 Å². The van der Waals surface area contributed by atoms with Crippen molar-refractivity contribution in [3.8, 4) is 5.75 Å². The summed E-state index contributed by atoms with van der Waals surface area (Å²) in [5.41, 5.74) is 2.11. The van der Waals surface area contributed by atoms with Crippen LogP contribution in [0.4, 0.5) is 5.69 Å². The van der Waals surface area contributed by atoms with E-state index in [0.717, 1.165) is 16.8 Å². The molecule has 0 atom stereocenters. The molecular formula is C22H26N2O3. The third-order valence-corrected chi connectivity index (χ3v) is 4.76. The van der Waals surface area contributed by atoms with Crippen LogP contribution in [0.15, 0.2) is 48.5 Å². The van der Waals surface area contributed by atoms with Crippen molar-refractivity contribution in [3.63, 3.8) is 0 Å². The first-order valence-electron chi connectivity index (χ1n) is 9.18. The van der Waals surface area contributed by atoms with E-state index in [1.807, 2.05) is 62.4 Å². The molecule has 3 rings (SSSR count). The molecule has 2 aromatic rings. The van der Waals surface area contributed by atoms with Gasteiger partial charge in [0.1, 0.15) is 12.3 Å².